The number of amides is 1. The Morgan fingerprint density at radius 3 is 2.95 bits per heavy atom. The summed E-state index contributed by atoms with van der Waals surface area (Å²) in [5.41, 5.74) is 7.54. The van der Waals surface area contributed by atoms with E-state index in [1.54, 1.807) is 14.0 Å². The molecule has 0 radical (unpaired) electrons. The highest BCUT2D eigenvalue weighted by Gasteiger charge is 2.14. The molecule has 0 spiro atoms. The Hall–Kier alpha value is -3.01. The Morgan fingerprint density at radius 2 is 2.32 bits per heavy atom. The summed E-state index contributed by atoms with van der Waals surface area (Å²) in [5.74, 6) is 0.704. The van der Waals surface area contributed by atoms with Gasteiger partial charge >= 0.3 is 0 Å². The van der Waals surface area contributed by atoms with E-state index in [2.05, 4.69) is 10.4 Å². The second kappa shape index (κ2) is 6.63. The first-order valence-corrected chi connectivity index (χ1v) is 6.67. The van der Waals surface area contributed by atoms with Crippen LogP contribution in [0.2, 0.25) is 0 Å². The monoisotopic (exact) mass is 299 g/mol. The summed E-state index contributed by atoms with van der Waals surface area (Å²) in [6.07, 6.45) is 0. The molecule has 1 amide bonds. The maximum absolute atomic E-state index is 12.0. The van der Waals surface area contributed by atoms with Crippen LogP contribution < -0.4 is 15.8 Å². The zero-order valence-electron chi connectivity index (χ0n) is 12.5. The Kier molecular flexibility index (Phi) is 4.63. The van der Waals surface area contributed by atoms with Gasteiger partial charge in [0.15, 0.2) is 0 Å². The van der Waals surface area contributed by atoms with Gasteiger partial charge in [0, 0.05) is 6.54 Å². The summed E-state index contributed by atoms with van der Waals surface area (Å²) in [7, 11) is 1.59. The van der Waals surface area contributed by atoms with Crippen LogP contribution in [-0.2, 0) is 17.9 Å². The largest absolute Gasteiger partial charge is 0.497 e. The van der Waals surface area contributed by atoms with Gasteiger partial charge in [-0.15, -0.1) is 0 Å². The number of carbonyl (C=O) groups is 1. The van der Waals surface area contributed by atoms with Gasteiger partial charge in [-0.3, -0.25) is 4.79 Å². The van der Waals surface area contributed by atoms with Gasteiger partial charge in [0.2, 0.25) is 5.91 Å². The molecule has 3 N–H and O–H groups in total. The van der Waals surface area contributed by atoms with Gasteiger partial charge in [-0.2, -0.15) is 10.4 Å². The average molecular weight is 299 g/mol. The second-order valence-electron chi connectivity index (χ2n) is 4.74. The fourth-order valence-corrected chi connectivity index (χ4v) is 2.03. The van der Waals surface area contributed by atoms with Gasteiger partial charge < -0.3 is 15.8 Å². The summed E-state index contributed by atoms with van der Waals surface area (Å²) in [5, 5.41) is 15.8. The zero-order valence-corrected chi connectivity index (χ0v) is 12.5. The molecule has 1 heterocycles. The van der Waals surface area contributed by atoms with E-state index in [9.17, 15) is 4.79 Å². The lowest BCUT2D eigenvalue weighted by atomic mass is 10.2. The smallest absolute Gasteiger partial charge is 0.242 e. The minimum Gasteiger partial charge on any atom is -0.497 e. The predicted molar refractivity (Wildman–Crippen MR) is 80.9 cm³/mol. The molecule has 7 heteroatoms. The molecule has 114 valence electrons. The van der Waals surface area contributed by atoms with E-state index in [0.717, 1.165) is 11.3 Å². The quantitative estimate of drug-likeness (QED) is 0.855. The number of benzene rings is 1. The number of aryl methyl sites for hydroxylation is 1. The van der Waals surface area contributed by atoms with Gasteiger partial charge in [-0.25, -0.2) is 4.68 Å². The molecule has 0 unspecified atom stereocenters. The molecule has 0 aliphatic carbocycles. The Morgan fingerprint density at radius 1 is 1.55 bits per heavy atom. The number of aromatic nitrogens is 2. The summed E-state index contributed by atoms with van der Waals surface area (Å²) in [6.45, 7) is 2.03. The lowest BCUT2D eigenvalue weighted by Crippen LogP contribution is -2.28. The third-order valence-electron chi connectivity index (χ3n) is 3.20. The fraction of sp³-hybridized carbons (Fsp3) is 0.267. The van der Waals surface area contributed by atoms with Crippen LogP contribution in [0.3, 0.4) is 0 Å². The molecular weight excluding hydrogens is 282 g/mol. The summed E-state index contributed by atoms with van der Waals surface area (Å²) in [4.78, 5) is 12.0. The zero-order chi connectivity index (χ0) is 16.1. The first-order valence-electron chi connectivity index (χ1n) is 6.67. The van der Waals surface area contributed by atoms with Gasteiger partial charge in [0.25, 0.3) is 0 Å². The first-order chi connectivity index (χ1) is 10.5. The Bertz CT molecular complexity index is 730. The van der Waals surface area contributed by atoms with Crippen LogP contribution in [0.4, 0.5) is 5.82 Å². The van der Waals surface area contributed by atoms with Gasteiger partial charge in [0.1, 0.15) is 29.7 Å². The summed E-state index contributed by atoms with van der Waals surface area (Å²) < 4.78 is 6.46. The van der Waals surface area contributed by atoms with E-state index in [4.69, 9.17) is 15.7 Å². The number of nitrogens with one attached hydrogen (secondary N) is 1. The van der Waals surface area contributed by atoms with Crippen molar-refractivity contribution in [2.24, 2.45) is 0 Å². The van der Waals surface area contributed by atoms with Crippen LogP contribution in [0.15, 0.2) is 24.3 Å². The number of carbonyl (C=O) groups excluding carboxylic acids is 1. The van der Waals surface area contributed by atoms with Crippen molar-refractivity contribution in [3.05, 3.63) is 41.1 Å². The molecule has 2 aromatic rings. The van der Waals surface area contributed by atoms with Crippen molar-refractivity contribution < 1.29 is 9.53 Å². The van der Waals surface area contributed by atoms with Crippen LogP contribution in [-0.4, -0.2) is 22.8 Å². The van der Waals surface area contributed by atoms with Crippen molar-refractivity contribution in [2.75, 3.05) is 12.8 Å². The highest BCUT2D eigenvalue weighted by atomic mass is 16.5. The van der Waals surface area contributed by atoms with E-state index >= 15 is 0 Å². The molecule has 0 aliphatic rings. The minimum absolute atomic E-state index is 0.0294. The molecule has 0 fully saturated rings. The van der Waals surface area contributed by atoms with Gasteiger partial charge in [-0.05, 0) is 24.6 Å². The molecule has 2 rings (SSSR count). The van der Waals surface area contributed by atoms with Crippen LogP contribution in [0.5, 0.6) is 5.75 Å². The SMILES string of the molecule is COc1cccc(CNC(=O)Cn2nc(C)c(C#N)c2N)c1. The third-order valence-corrected chi connectivity index (χ3v) is 3.20. The number of anilines is 1. The molecule has 1 aromatic carbocycles. The highest BCUT2D eigenvalue weighted by molar-refractivity contribution is 5.76. The lowest BCUT2D eigenvalue weighted by Gasteiger charge is -2.08. The maximum Gasteiger partial charge on any atom is 0.242 e. The summed E-state index contributed by atoms with van der Waals surface area (Å²) >= 11 is 0. The second-order valence-corrected chi connectivity index (χ2v) is 4.74. The Labute approximate surface area is 128 Å². The van der Waals surface area contributed by atoms with E-state index in [1.807, 2.05) is 30.3 Å². The van der Waals surface area contributed by atoms with E-state index in [1.165, 1.54) is 4.68 Å². The predicted octanol–water partition coefficient (Wildman–Crippen LogP) is 0.970. The molecule has 22 heavy (non-hydrogen) atoms. The number of ether oxygens (including phenoxy) is 1. The molecule has 7 nitrogen and oxygen atoms in total. The number of nitrogens with zero attached hydrogens (tertiary/aromatic N) is 3. The first kappa shape index (κ1) is 15.4. The normalized spacial score (nSPS) is 10.0. The number of hydrogen-bond donors (Lipinski definition) is 2. The van der Waals surface area contributed by atoms with Crippen molar-refractivity contribution in [1.82, 2.24) is 15.1 Å². The molecule has 0 atom stereocenters. The maximum atomic E-state index is 12.0. The standard InChI is InChI=1S/C15H17N5O2/c1-10-13(7-16)15(17)20(19-10)9-14(21)18-8-11-4-3-5-12(6-11)22-2/h3-6H,8-9,17H2,1-2H3,(H,18,21). The number of rotatable bonds is 5. The lowest BCUT2D eigenvalue weighted by molar-refractivity contribution is -0.122. The molecule has 0 saturated carbocycles. The molecule has 0 saturated heterocycles. The highest BCUT2D eigenvalue weighted by Crippen LogP contribution is 2.14. The summed E-state index contributed by atoms with van der Waals surface area (Å²) in [6, 6.07) is 9.40. The van der Waals surface area contributed by atoms with Crippen molar-refractivity contribution in [3.8, 4) is 11.8 Å². The number of methoxy groups -OCH3 is 1. The Balaban J connectivity index is 1.97. The number of nitrogen functional groups attached to an aromatic ring is 1. The topological polar surface area (TPSA) is 106 Å². The fourth-order valence-electron chi connectivity index (χ4n) is 2.03. The third kappa shape index (κ3) is 3.35. The molecule has 1 aromatic heterocycles. The number of nitriles is 1. The van der Waals surface area contributed by atoms with Crippen molar-refractivity contribution in [2.45, 2.75) is 20.0 Å². The van der Waals surface area contributed by atoms with E-state index < -0.39 is 0 Å². The van der Waals surface area contributed by atoms with Crippen LogP contribution >= 0.6 is 0 Å². The number of nitrogens with two attached hydrogens (primary N) is 1. The van der Waals surface area contributed by atoms with Crippen molar-refractivity contribution >= 4 is 11.7 Å². The molecular formula is C15H17N5O2. The van der Waals surface area contributed by atoms with Crippen LogP contribution in [0, 0.1) is 18.3 Å². The average Bonchev–Trinajstić information content (AvgIpc) is 2.79. The van der Waals surface area contributed by atoms with Gasteiger partial charge in [-0.1, -0.05) is 12.1 Å². The van der Waals surface area contributed by atoms with E-state index in [-0.39, 0.29) is 18.3 Å². The van der Waals surface area contributed by atoms with Crippen molar-refractivity contribution in [1.29, 1.82) is 5.26 Å². The molecule has 0 aliphatic heterocycles. The van der Waals surface area contributed by atoms with Gasteiger partial charge in [0.05, 0.1) is 12.8 Å². The minimum atomic E-state index is -0.235. The number of hydrogen-bond acceptors (Lipinski definition) is 5. The van der Waals surface area contributed by atoms with Crippen LogP contribution in [0.1, 0.15) is 16.8 Å². The molecule has 0 bridgehead atoms. The van der Waals surface area contributed by atoms with Crippen molar-refractivity contribution in [3.63, 3.8) is 0 Å². The van der Waals surface area contributed by atoms with E-state index in [0.29, 0.717) is 17.8 Å². The van der Waals surface area contributed by atoms with Crippen LogP contribution in [0.25, 0.3) is 0 Å².